The van der Waals surface area contributed by atoms with Crippen molar-refractivity contribution >= 4 is 17.0 Å². The average Bonchev–Trinajstić information content (AvgIpc) is 3.17. The third kappa shape index (κ3) is 3.86. The van der Waals surface area contributed by atoms with Crippen LogP contribution in [-0.4, -0.2) is 31.4 Å². The molecular weight excluding hydrogens is 423 g/mol. The molecule has 3 heterocycles. The quantitative estimate of drug-likeness (QED) is 0.470. The Hall–Kier alpha value is -3.95. The molecule has 0 spiro atoms. The SMILES string of the molecule is C=Cc1cc(-c2cn(C)nc2C(F)(F)F)c2ncn(Cc3cc(OC)ccn3)c(=O)c2c1. The van der Waals surface area contributed by atoms with Crippen LogP contribution in [0.25, 0.3) is 28.1 Å². The highest BCUT2D eigenvalue weighted by Gasteiger charge is 2.38. The zero-order valence-corrected chi connectivity index (χ0v) is 17.2. The number of benzene rings is 1. The average molecular weight is 441 g/mol. The van der Waals surface area contributed by atoms with Gasteiger partial charge in [-0.3, -0.25) is 19.0 Å². The molecule has 32 heavy (non-hydrogen) atoms. The first-order valence-electron chi connectivity index (χ1n) is 9.47. The lowest BCUT2D eigenvalue weighted by Gasteiger charge is -2.12. The highest BCUT2D eigenvalue weighted by molar-refractivity contribution is 5.95. The molecule has 0 saturated heterocycles. The van der Waals surface area contributed by atoms with Crippen LogP contribution in [0, 0.1) is 0 Å². The van der Waals surface area contributed by atoms with Crippen molar-refractivity contribution in [3.8, 4) is 16.9 Å². The van der Waals surface area contributed by atoms with Crippen LogP contribution < -0.4 is 10.3 Å². The number of nitrogens with zero attached hydrogens (tertiary/aromatic N) is 5. The van der Waals surface area contributed by atoms with Crippen molar-refractivity contribution in [2.45, 2.75) is 12.7 Å². The highest BCUT2D eigenvalue weighted by Crippen LogP contribution is 2.38. The number of hydrogen-bond donors (Lipinski definition) is 0. The fourth-order valence-electron chi connectivity index (χ4n) is 3.47. The number of rotatable bonds is 5. The van der Waals surface area contributed by atoms with E-state index in [9.17, 15) is 18.0 Å². The van der Waals surface area contributed by atoms with E-state index in [2.05, 4.69) is 21.6 Å². The molecule has 4 rings (SSSR count). The van der Waals surface area contributed by atoms with Gasteiger partial charge in [0.25, 0.3) is 5.56 Å². The zero-order chi connectivity index (χ0) is 23.0. The molecule has 7 nitrogen and oxygen atoms in total. The number of aryl methyl sites for hydroxylation is 1. The van der Waals surface area contributed by atoms with Crippen LogP contribution in [0.2, 0.25) is 0 Å². The van der Waals surface area contributed by atoms with Crippen LogP contribution in [0.5, 0.6) is 5.75 Å². The summed E-state index contributed by atoms with van der Waals surface area (Å²) in [5.41, 5.74) is -0.264. The molecule has 0 unspecified atom stereocenters. The molecule has 1 aromatic carbocycles. The molecule has 0 fully saturated rings. The van der Waals surface area contributed by atoms with Crippen molar-refractivity contribution in [1.82, 2.24) is 24.3 Å². The Labute approximate surface area is 180 Å². The van der Waals surface area contributed by atoms with Gasteiger partial charge in [0.1, 0.15) is 5.75 Å². The Bertz CT molecular complexity index is 1390. The van der Waals surface area contributed by atoms with Crippen LogP contribution in [0.3, 0.4) is 0 Å². The van der Waals surface area contributed by atoms with Crippen molar-refractivity contribution in [2.75, 3.05) is 7.11 Å². The number of halogens is 3. The summed E-state index contributed by atoms with van der Waals surface area (Å²) in [5.74, 6) is 0.587. The first kappa shape index (κ1) is 21.3. The molecular formula is C22H18F3N5O2. The lowest BCUT2D eigenvalue weighted by molar-refractivity contribution is -0.140. The van der Waals surface area contributed by atoms with Crippen molar-refractivity contribution in [1.29, 1.82) is 0 Å². The van der Waals surface area contributed by atoms with E-state index in [1.165, 1.54) is 43.4 Å². The second kappa shape index (κ2) is 7.95. The van der Waals surface area contributed by atoms with Crippen LogP contribution in [-0.2, 0) is 19.8 Å². The van der Waals surface area contributed by atoms with E-state index in [-0.39, 0.29) is 28.6 Å². The standard InChI is InChI=1S/C22H18F3N5O2/c1-4-13-7-16(18-11-29(2)28-20(18)22(23,24)25)19-17(8-13)21(31)30(12-27-19)10-14-9-15(32-3)5-6-26-14/h4-9,11-12H,1,10H2,2-3H3. The van der Waals surface area contributed by atoms with Gasteiger partial charge in [-0.05, 0) is 23.8 Å². The monoisotopic (exact) mass is 441 g/mol. The molecule has 0 N–H and O–H groups in total. The number of pyridine rings is 1. The molecule has 10 heteroatoms. The minimum Gasteiger partial charge on any atom is -0.497 e. The Balaban J connectivity index is 1.91. The third-order valence-corrected chi connectivity index (χ3v) is 4.93. The fraction of sp³-hybridized carbons (Fsp3) is 0.182. The molecule has 0 aliphatic carbocycles. The Kier molecular flexibility index (Phi) is 5.29. The van der Waals surface area contributed by atoms with Gasteiger partial charge in [0.05, 0.1) is 36.6 Å². The van der Waals surface area contributed by atoms with Gasteiger partial charge in [0.15, 0.2) is 5.69 Å². The Morgan fingerprint density at radius 2 is 1.97 bits per heavy atom. The fourth-order valence-corrected chi connectivity index (χ4v) is 3.47. The number of hydrogen-bond acceptors (Lipinski definition) is 5. The Morgan fingerprint density at radius 3 is 2.66 bits per heavy atom. The van der Waals surface area contributed by atoms with Gasteiger partial charge in [0, 0.05) is 36.6 Å². The first-order valence-corrected chi connectivity index (χ1v) is 9.47. The lowest BCUT2D eigenvalue weighted by Crippen LogP contribution is -2.22. The maximum absolute atomic E-state index is 13.6. The molecule has 0 amide bonds. The van der Waals surface area contributed by atoms with Crippen molar-refractivity contribution in [3.63, 3.8) is 0 Å². The van der Waals surface area contributed by atoms with Crippen molar-refractivity contribution < 1.29 is 17.9 Å². The predicted octanol–water partition coefficient (Wildman–Crippen LogP) is 3.91. The van der Waals surface area contributed by atoms with E-state index in [1.807, 2.05) is 0 Å². The minimum absolute atomic E-state index is 0.118. The molecule has 0 bridgehead atoms. The Morgan fingerprint density at radius 1 is 1.19 bits per heavy atom. The van der Waals surface area contributed by atoms with E-state index in [0.29, 0.717) is 17.0 Å². The maximum Gasteiger partial charge on any atom is 0.435 e. The number of methoxy groups -OCH3 is 1. The number of aromatic nitrogens is 5. The summed E-state index contributed by atoms with van der Waals surface area (Å²) in [7, 11) is 2.93. The van der Waals surface area contributed by atoms with Crippen LogP contribution in [0.1, 0.15) is 17.0 Å². The summed E-state index contributed by atoms with van der Waals surface area (Å²) < 4.78 is 48.3. The summed E-state index contributed by atoms with van der Waals surface area (Å²) >= 11 is 0. The highest BCUT2D eigenvalue weighted by atomic mass is 19.4. The summed E-state index contributed by atoms with van der Waals surface area (Å²) in [4.78, 5) is 21.8. The second-order valence-electron chi connectivity index (χ2n) is 7.10. The zero-order valence-electron chi connectivity index (χ0n) is 17.2. The van der Waals surface area contributed by atoms with Crippen LogP contribution in [0.4, 0.5) is 13.2 Å². The van der Waals surface area contributed by atoms with Crippen molar-refractivity contribution in [2.24, 2.45) is 7.05 Å². The van der Waals surface area contributed by atoms with Gasteiger partial charge in [-0.2, -0.15) is 18.3 Å². The van der Waals surface area contributed by atoms with Crippen LogP contribution >= 0.6 is 0 Å². The molecule has 4 aromatic rings. The molecule has 0 atom stereocenters. The maximum atomic E-state index is 13.6. The van der Waals surface area contributed by atoms with E-state index in [0.717, 1.165) is 4.68 Å². The number of fused-ring (bicyclic) bond motifs is 1. The minimum atomic E-state index is -4.67. The van der Waals surface area contributed by atoms with Gasteiger partial charge in [-0.1, -0.05) is 12.7 Å². The molecule has 0 saturated carbocycles. The molecule has 164 valence electrons. The third-order valence-electron chi connectivity index (χ3n) is 4.93. The van der Waals surface area contributed by atoms with Gasteiger partial charge >= 0.3 is 6.18 Å². The largest absolute Gasteiger partial charge is 0.497 e. The molecule has 0 radical (unpaired) electrons. The normalized spacial score (nSPS) is 11.7. The van der Waals surface area contributed by atoms with Gasteiger partial charge in [-0.15, -0.1) is 0 Å². The van der Waals surface area contributed by atoms with E-state index in [1.54, 1.807) is 24.4 Å². The van der Waals surface area contributed by atoms with Gasteiger partial charge in [0.2, 0.25) is 0 Å². The van der Waals surface area contributed by atoms with Gasteiger partial charge in [-0.25, -0.2) is 4.98 Å². The molecule has 3 aromatic heterocycles. The topological polar surface area (TPSA) is 74.8 Å². The van der Waals surface area contributed by atoms with E-state index < -0.39 is 17.4 Å². The van der Waals surface area contributed by atoms with E-state index in [4.69, 9.17) is 4.74 Å². The summed E-state index contributed by atoms with van der Waals surface area (Å²) in [5, 5.41) is 3.73. The molecule has 0 aliphatic rings. The number of ether oxygens (including phenoxy) is 1. The predicted molar refractivity (Wildman–Crippen MR) is 113 cm³/mol. The van der Waals surface area contributed by atoms with Gasteiger partial charge < -0.3 is 4.74 Å². The summed E-state index contributed by atoms with van der Waals surface area (Å²) in [6.07, 6.45) is 0.917. The smallest absolute Gasteiger partial charge is 0.435 e. The number of alkyl halides is 3. The molecule has 0 aliphatic heterocycles. The second-order valence-corrected chi connectivity index (χ2v) is 7.10. The van der Waals surface area contributed by atoms with Crippen molar-refractivity contribution in [3.05, 3.63) is 76.9 Å². The van der Waals surface area contributed by atoms with E-state index >= 15 is 0 Å². The first-order chi connectivity index (χ1) is 15.2. The lowest BCUT2D eigenvalue weighted by atomic mass is 9.99. The summed E-state index contributed by atoms with van der Waals surface area (Å²) in [6.45, 7) is 3.81. The van der Waals surface area contributed by atoms with Crippen LogP contribution in [0.15, 0.2) is 54.4 Å². The summed E-state index contributed by atoms with van der Waals surface area (Å²) in [6, 6.07) is 6.44.